The van der Waals surface area contributed by atoms with Gasteiger partial charge in [0.2, 0.25) is 0 Å². The van der Waals surface area contributed by atoms with E-state index in [1.807, 2.05) is 18.2 Å². The average molecular weight is 292 g/mol. The van der Waals surface area contributed by atoms with Crippen molar-refractivity contribution in [1.29, 1.82) is 0 Å². The number of hydrogen-bond donors (Lipinski definition) is 1. The van der Waals surface area contributed by atoms with Crippen LogP contribution in [-0.4, -0.2) is 44.7 Å². The lowest BCUT2D eigenvalue weighted by molar-refractivity contribution is 0.0599. The molecule has 0 spiro atoms. The summed E-state index contributed by atoms with van der Waals surface area (Å²) in [7, 11) is 5.63. The summed E-state index contributed by atoms with van der Waals surface area (Å²) in [4.78, 5) is 14.0. The Morgan fingerprint density at radius 3 is 2.52 bits per heavy atom. The summed E-state index contributed by atoms with van der Waals surface area (Å²) in [6.07, 6.45) is 1.15. The van der Waals surface area contributed by atoms with E-state index in [2.05, 4.69) is 38.2 Å². The molecule has 0 radical (unpaired) electrons. The molecule has 0 heterocycles. The maximum atomic E-state index is 11.7. The monoisotopic (exact) mass is 292 g/mol. The Bertz CT molecular complexity index is 444. The predicted octanol–water partition coefficient (Wildman–Crippen LogP) is 2.54. The van der Waals surface area contributed by atoms with Gasteiger partial charge in [0.05, 0.1) is 12.7 Å². The third kappa shape index (κ3) is 5.86. The minimum Gasteiger partial charge on any atom is -0.465 e. The molecule has 1 unspecified atom stereocenters. The highest BCUT2D eigenvalue weighted by Crippen LogP contribution is 2.11. The second-order valence-electron chi connectivity index (χ2n) is 6.03. The standard InChI is InChI=1S/C17H28N2O2/c1-13(2)10-15(19(3)4)12-18-11-14-8-6-7-9-16(14)17(20)21-5/h6-9,13,15,18H,10-12H2,1-5H3. The summed E-state index contributed by atoms with van der Waals surface area (Å²) in [5, 5.41) is 3.46. The summed E-state index contributed by atoms with van der Waals surface area (Å²) < 4.78 is 4.82. The van der Waals surface area contributed by atoms with Gasteiger partial charge < -0.3 is 15.0 Å². The molecule has 0 saturated carbocycles. The van der Waals surface area contributed by atoms with Crippen LogP contribution < -0.4 is 5.32 Å². The van der Waals surface area contributed by atoms with E-state index in [1.54, 1.807) is 6.07 Å². The lowest BCUT2D eigenvalue weighted by Gasteiger charge is -2.26. The van der Waals surface area contributed by atoms with Gasteiger partial charge in [0.1, 0.15) is 0 Å². The summed E-state index contributed by atoms with van der Waals surface area (Å²) in [6.45, 7) is 6.06. The number of hydrogen-bond acceptors (Lipinski definition) is 4. The Balaban J connectivity index is 2.61. The highest BCUT2D eigenvalue weighted by atomic mass is 16.5. The van der Waals surface area contributed by atoms with Gasteiger partial charge in [0.25, 0.3) is 0 Å². The fraction of sp³-hybridized carbons (Fsp3) is 0.588. The van der Waals surface area contributed by atoms with Gasteiger partial charge >= 0.3 is 5.97 Å². The zero-order chi connectivity index (χ0) is 15.8. The number of ether oxygens (including phenoxy) is 1. The molecule has 0 aliphatic heterocycles. The van der Waals surface area contributed by atoms with Crippen LogP contribution in [0, 0.1) is 5.92 Å². The van der Waals surface area contributed by atoms with Gasteiger partial charge in [0, 0.05) is 19.1 Å². The summed E-state index contributed by atoms with van der Waals surface area (Å²) >= 11 is 0. The van der Waals surface area contributed by atoms with Crippen molar-refractivity contribution < 1.29 is 9.53 Å². The maximum absolute atomic E-state index is 11.7. The largest absolute Gasteiger partial charge is 0.465 e. The number of methoxy groups -OCH3 is 1. The fourth-order valence-electron chi connectivity index (χ4n) is 2.38. The quantitative estimate of drug-likeness (QED) is 0.748. The van der Waals surface area contributed by atoms with Crippen molar-refractivity contribution in [2.75, 3.05) is 27.7 Å². The molecule has 1 aromatic carbocycles. The van der Waals surface area contributed by atoms with Crippen LogP contribution in [0.3, 0.4) is 0 Å². The smallest absolute Gasteiger partial charge is 0.338 e. The summed E-state index contributed by atoms with van der Waals surface area (Å²) in [5.74, 6) is 0.389. The van der Waals surface area contributed by atoms with Gasteiger partial charge in [0.15, 0.2) is 0 Å². The van der Waals surface area contributed by atoms with Crippen molar-refractivity contribution in [3.05, 3.63) is 35.4 Å². The van der Waals surface area contributed by atoms with E-state index in [-0.39, 0.29) is 5.97 Å². The van der Waals surface area contributed by atoms with Gasteiger partial charge in [-0.1, -0.05) is 32.0 Å². The van der Waals surface area contributed by atoms with Crippen LogP contribution in [0.25, 0.3) is 0 Å². The lowest BCUT2D eigenvalue weighted by Crippen LogP contribution is -2.38. The van der Waals surface area contributed by atoms with Gasteiger partial charge in [-0.05, 0) is 38.1 Å². The van der Waals surface area contributed by atoms with E-state index in [0.29, 0.717) is 24.1 Å². The first kappa shape index (κ1) is 17.7. The van der Waals surface area contributed by atoms with Crippen molar-refractivity contribution in [2.24, 2.45) is 5.92 Å². The van der Waals surface area contributed by atoms with E-state index >= 15 is 0 Å². The van der Waals surface area contributed by atoms with Crippen LogP contribution in [0.5, 0.6) is 0 Å². The van der Waals surface area contributed by atoms with Gasteiger partial charge in [-0.2, -0.15) is 0 Å². The van der Waals surface area contributed by atoms with Crippen molar-refractivity contribution in [3.8, 4) is 0 Å². The molecule has 0 aromatic heterocycles. The number of likely N-dealkylation sites (N-methyl/N-ethyl adjacent to an activating group) is 1. The lowest BCUT2D eigenvalue weighted by atomic mass is 10.0. The average Bonchev–Trinajstić information content (AvgIpc) is 2.45. The molecule has 0 aliphatic carbocycles. The van der Waals surface area contributed by atoms with E-state index in [0.717, 1.165) is 18.5 Å². The van der Waals surface area contributed by atoms with Gasteiger partial charge in [-0.25, -0.2) is 4.79 Å². The van der Waals surface area contributed by atoms with E-state index < -0.39 is 0 Å². The second kappa shape index (κ2) is 8.80. The molecule has 0 saturated heterocycles. The van der Waals surface area contributed by atoms with E-state index in [9.17, 15) is 4.79 Å². The molecule has 0 fully saturated rings. The summed E-state index contributed by atoms with van der Waals surface area (Å²) in [5.41, 5.74) is 1.61. The highest BCUT2D eigenvalue weighted by molar-refractivity contribution is 5.90. The van der Waals surface area contributed by atoms with Gasteiger partial charge in [-0.15, -0.1) is 0 Å². The van der Waals surface area contributed by atoms with Crippen LogP contribution in [-0.2, 0) is 11.3 Å². The zero-order valence-electron chi connectivity index (χ0n) is 13.8. The van der Waals surface area contributed by atoms with Crippen LogP contribution in [0.1, 0.15) is 36.2 Å². The van der Waals surface area contributed by atoms with Crippen molar-refractivity contribution >= 4 is 5.97 Å². The number of rotatable bonds is 8. The number of carbonyl (C=O) groups excluding carboxylic acids is 1. The van der Waals surface area contributed by atoms with Crippen molar-refractivity contribution in [1.82, 2.24) is 10.2 Å². The molecular formula is C17H28N2O2. The van der Waals surface area contributed by atoms with Crippen molar-refractivity contribution in [3.63, 3.8) is 0 Å². The Morgan fingerprint density at radius 2 is 1.95 bits per heavy atom. The fourth-order valence-corrected chi connectivity index (χ4v) is 2.38. The molecule has 1 aromatic rings. The Kier molecular flexibility index (Phi) is 7.40. The molecule has 1 rings (SSSR count). The normalized spacial score (nSPS) is 12.7. The van der Waals surface area contributed by atoms with Crippen LogP contribution in [0.15, 0.2) is 24.3 Å². The van der Waals surface area contributed by atoms with E-state index in [1.165, 1.54) is 7.11 Å². The second-order valence-corrected chi connectivity index (χ2v) is 6.03. The molecule has 0 amide bonds. The molecule has 118 valence electrons. The molecule has 1 atom stereocenters. The first-order valence-electron chi connectivity index (χ1n) is 7.49. The minimum atomic E-state index is -0.279. The number of nitrogens with zero attached hydrogens (tertiary/aromatic N) is 1. The first-order valence-corrected chi connectivity index (χ1v) is 7.49. The third-order valence-corrected chi connectivity index (χ3v) is 3.59. The first-order chi connectivity index (χ1) is 9.95. The number of benzene rings is 1. The number of carbonyl (C=O) groups is 1. The molecule has 4 heteroatoms. The Labute approximate surface area is 128 Å². The van der Waals surface area contributed by atoms with Crippen LogP contribution in [0.4, 0.5) is 0 Å². The molecule has 4 nitrogen and oxygen atoms in total. The Hall–Kier alpha value is -1.39. The number of esters is 1. The van der Waals surface area contributed by atoms with Gasteiger partial charge in [-0.3, -0.25) is 0 Å². The number of nitrogens with one attached hydrogen (secondary N) is 1. The molecule has 0 aliphatic rings. The van der Waals surface area contributed by atoms with E-state index in [4.69, 9.17) is 4.74 Å². The topological polar surface area (TPSA) is 41.6 Å². The zero-order valence-corrected chi connectivity index (χ0v) is 13.8. The van der Waals surface area contributed by atoms with Crippen LogP contribution in [0.2, 0.25) is 0 Å². The van der Waals surface area contributed by atoms with Crippen LogP contribution >= 0.6 is 0 Å². The summed E-state index contributed by atoms with van der Waals surface area (Å²) in [6, 6.07) is 8.07. The van der Waals surface area contributed by atoms with Crippen molar-refractivity contribution in [2.45, 2.75) is 32.9 Å². The molecule has 1 N–H and O–H groups in total. The molecule has 0 bridgehead atoms. The molecular weight excluding hydrogens is 264 g/mol. The third-order valence-electron chi connectivity index (χ3n) is 3.59. The molecule has 21 heavy (non-hydrogen) atoms. The Morgan fingerprint density at radius 1 is 1.29 bits per heavy atom. The maximum Gasteiger partial charge on any atom is 0.338 e. The highest BCUT2D eigenvalue weighted by Gasteiger charge is 2.14. The SMILES string of the molecule is COC(=O)c1ccccc1CNCC(CC(C)C)N(C)C. The minimum absolute atomic E-state index is 0.279. The predicted molar refractivity (Wildman–Crippen MR) is 86.4 cm³/mol.